The van der Waals surface area contributed by atoms with Crippen molar-refractivity contribution in [1.82, 2.24) is 15.5 Å². The van der Waals surface area contributed by atoms with E-state index in [1.54, 1.807) is 38.1 Å². The Bertz CT molecular complexity index is 718. The third-order valence-electron chi connectivity index (χ3n) is 3.75. The molecule has 26 heavy (non-hydrogen) atoms. The Hall–Kier alpha value is -2.61. The maximum Gasteiger partial charge on any atom is 0.325 e. The van der Waals surface area contributed by atoms with Crippen molar-refractivity contribution in [1.29, 1.82) is 0 Å². The first-order chi connectivity index (χ1) is 12.2. The molecule has 4 amide bonds. The number of carbonyl (C=O) groups is 4. The van der Waals surface area contributed by atoms with Crippen LogP contribution in [0.2, 0.25) is 5.02 Å². The summed E-state index contributed by atoms with van der Waals surface area (Å²) in [5.74, 6) is -1.53. The first-order valence-electron chi connectivity index (χ1n) is 8.00. The molecule has 1 saturated heterocycles. The Balaban J connectivity index is 1.68. The summed E-state index contributed by atoms with van der Waals surface area (Å²) >= 11 is 5.78. The van der Waals surface area contributed by atoms with Crippen LogP contribution < -0.4 is 10.6 Å². The van der Waals surface area contributed by atoms with Gasteiger partial charge < -0.3 is 15.4 Å². The van der Waals surface area contributed by atoms with Crippen LogP contribution in [0.25, 0.3) is 0 Å². The number of ether oxygens (including phenoxy) is 1. The second-order valence-corrected chi connectivity index (χ2v) is 6.76. The van der Waals surface area contributed by atoms with E-state index in [4.69, 9.17) is 16.3 Å². The lowest BCUT2D eigenvalue weighted by molar-refractivity contribution is -0.149. The summed E-state index contributed by atoms with van der Waals surface area (Å²) < 4.78 is 4.85. The number of carbonyl (C=O) groups excluding carboxylic acids is 4. The first-order valence-corrected chi connectivity index (χ1v) is 8.38. The number of urea groups is 1. The minimum atomic E-state index is -0.984. The van der Waals surface area contributed by atoms with Gasteiger partial charge in [-0.15, -0.1) is 0 Å². The van der Waals surface area contributed by atoms with E-state index in [2.05, 4.69) is 10.6 Å². The van der Waals surface area contributed by atoms with Crippen LogP contribution in [0.1, 0.15) is 25.8 Å². The van der Waals surface area contributed by atoms with Crippen LogP contribution in [0.4, 0.5) is 4.79 Å². The van der Waals surface area contributed by atoms with Crippen LogP contribution in [0.5, 0.6) is 0 Å². The minimum absolute atomic E-state index is 0.0979. The summed E-state index contributed by atoms with van der Waals surface area (Å²) in [7, 11) is 0. The second-order valence-electron chi connectivity index (χ2n) is 6.33. The molecule has 2 N–H and O–H groups in total. The molecule has 0 aliphatic carbocycles. The fraction of sp³-hybridized carbons (Fsp3) is 0.412. The van der Waals surface area contributed by atoms with Crippen LogP contribution in [-0.4, -0.2) is 47.4 Å². The van der Waals surface area contributed by atoms with Crippen LogP contribution in [0.15, 0.2) is 24.3 Å². The summed E-state index contributed by atoms with van der Waals surface area (Å²) in [4.78, 5) is 48.0. The summed E-state index contributed by atoms with van der Waals surface area (Å²) in [6, 6.07) is 6.41. The molecule has 0 atom stereocenters. The van der Waals surface area contributed by atoms with Gasteiger partial charge in [-0.1, -0.05) is 23.7 Å². The maximum atomic E-state index is 12.0. The third-order valence-corrected chi connectivity index (χ3v) is 4.00. The lowest BCUT2D eigenvalue weighted by Crippen LogP contribution is -2.40. The van der Waals surface area contributed by atoms with Gasteiger partial charge in [0.05, 0.1) is 6.42 Å². The number of hydrogen-bond acceptors (Lipinski definition) is 5. The van der Waals surface area contributed by atoms with Crippen LogP contribution in [0.3, 0.4) is 0 Å². The molecule has 1 fully saturated rings. The summed E-state index contributed by atoms with van der Waals surface area (Å²) in [6.45, 7) is 2.91. The lowest BCUT2D eigenvalue weighted by Gasteiger charge is -2.15. The largest absolute Gasteiger partial charge is 0.456 e. The third kappa shape index (κ3) is 5.19. The van der Waals surface area contributed by atoms with E-state index in [9.17, 15) is 19.2 Å². The molecule has 140 valence electrons. The van der Waals surface area contributed by atoms with Gasteiger partial charge in [0.2, 0.25) is 0 Å². The number of esters is 1. The number of rotatable bonds is 7. The highest BCUT2D eigenvalue weighted by Gasteiger charge is 2.44. The lowest BCUT2D eigenvalue weighted by atomic mass is 10.1. The van der Waals surface area contributed by atoms with Gasteiger partial charge in [0.15, 0.2) is 6.61 Å². The number of halogens is 1. The Kier molecular flexibility index (Phi) is 6.20. The molecule has 9 heteroatoms. The van der Waals surface area contributed by atoms with Crippen molar-refractivity contribution < 1.29 is 23.9 Å². The van der Waals surface area contributed by atoms with Crippen LogP contribution >= 0.6 is 11.6 Å². The normalized spacial score (nSPS) is 15.6. The van der Waals surface area contributed by atoms with Gasteiger partial charge in [0.1, 0.15) is 5.54 Å². The Morgan fingerprint density at radius 3 is 2.46 bits per heavy atom. The molecule has 0 bridgehead atoms. The number of imide groups is 1. The van der Waals surface area contributed by atoms with Crippen molar-refractivity contribution in [2.24, 2.45) is 0 Å². The van der Waals surface area contributed by atoms with E-state index in [0.29, 0.717) is 5.02 Å². The number of nitrogens with zero attached hydrogens (tertiary/aromatic N) is 1. The van der Waals surface area contributed by atoms with Gasteiger partial charge >= 0.3 is 12.0 Å². The first kappa shape index (κ1) is 19.7. The summed E-state index contributed by atoms with van der Waals surface area (Å²) in [6.07, 6.45) is -0.181. The van der Waals surface area contributed by atoms with Gasteiger partial charge in [-0.05, 0) is 31.5 Å². The average molecular weight is 382 g/mol. The number of nitrogens with one attached hydrogen (secondary N) is 2. The molecule has 0 spiro atoms. The van der Waals surface area contributed by atoms with E-state index in [1.807, 2.05) is 0 Å². The SMILES string of the molecule is CC1(C)NC(=O)N(CCC(=O)OCC(=O)NCc2ccc(Cl)cc2)C1=O. The zero-order chi connectivity index (χ0) is 19.3. The molecule has 0 radical (unpaired) electrons. The van der Waals surface area contributed by atoms with Crippen molar-refractivity contribution >= 4 is 35.4 Å². The van der Waals surface area contributed by atoms with Gasteiger partial charge in [0.25, 0.3) is 11.8 Å². The molecule has 0 saturated carbocycles. The van der Waals surface area contributed by atoms with E-state index in [1.165, 1.54) is 0 Å². The molecular formula is C17H20ClN3O5. The standard InChI is InChI=1S/C17H20ClN3O5/c1-17(2)15(24)21(16(25)20-17)8-7-14(23)26-10-13(22)19-9-11-3-5-12(18)6-4-11/h3-6H,7-10H2,1-2H3,(H,19,22)(H,20,25). The van der Waals surface area contributed by atoms with Gasteiger partial charge in [-0.25, -0.2) is 4.79 Å². The van der Waals surface area contributed by atoms with Crippen LogP contribution in [0, 0.1) is 0 Å². The molecule has 0 aromatic heterocycles. The monoisotopic (exact) mass is 381 g/mol. The van der Waals surface area contributed by atoms with Gasteiger partial charge in [-0.3, -0.25) is 19.3 Å². The van der Waals surface area contributed by atoms with E-state index in [-0.39, 0.29) is 19.5 Å². The smallest absolute Gasteiger partial charge is 0.325 e. The quantitative estimate of drug-likeness (QED) is 0.545. The number of amides is 4. The predicted molar refractivity (Wildman–Crippen MR) is 93.2 cm³/mol. The molecule has 8 nitrogen and oxygen atoms in total. The van der Waals surface area contributed by atoms with Crippen molar-refractivity contribution in [3.63, 3.8) is 0 Å². The molecular weight excluding hydrogens is 362 g/mol. The Morgan fingerprint density at radius 1 is 1.23 bits per heavy atom. The molecule has 1 aromatic carbocycles. The van der Waals surface area contributed by atoms with Crippen LogP contribution in [-0.2, 0) is 25.7 Å². The zero-order valence-electron chi connectivity index (χ0n) is 14.5. The predicted octanol–water partition coefficient (Wildman–Crippen LogP) is 1.22. The fourth-order valence-corrected chi connectivity index (χ4v) is 2.42. The maximum absolute atomic E-state index is 12.0. The fourth-order valence-electron chi connectivity index (χ4n) is 2.30. The second kappa shape index (κ2) is 8.18. The highest BCUT2D eigenvalue weighted by molar-refractivity contribution is 6.30. The van der Waals surface area contributed by atoms with Gasteiger partial charge in [0, 0.05) is 18.1 Å². The number of benzene rings is 1. The highest BCUT2D eigenvalue weighted by atomic mass is 35.5. The van der Waals surface area contributed by atoms with Gasteiger partial charge in [-0.2, -0.15) is 0 Å². The summed E-state index contributed by atoms with van der Waals surface area (Å²) in [5, 5.41) is 5.72. The van der Waals surface area contributed by atoms with E-state index in [0.717, 1.165) is 10.5 Å². The molecule has 1 heterocycles. The highest BCUT2D eigenvalue weighted by Crippen LogP contribution is 2.16. The van der Waals surface area contributed by atoms with Crippen molar-refractivity contribution in [3.05, 3.63) is 34.9 Å². The zero-order valence-corrected chi connectivity index (χ0v) is 15.3. The topological polar surface area (TPSA) is 105 Å². The van der Waals surface area contributed by atoms with E-state index < -0.39 is 36.0 Å². The van der Waals surface area contributed by atoms with Crippen molar-refractivity contribution in [3.8, 4) is 0 Å². The summed E-state index contributed by atoms with van der Waals surface area (Å²) in [5.41, 5.74) is -0.127. The minimum Gasteiger partial charge on any atom is -0.456 e. The average Bonchev–Trinajstić information content (AvgIpc) is 2.78. The van der Waals surface area contributed by atoms with E-state index >= 15 is 0 Å². The Labute approximate surface area is 155 Å². The molecule has 2 rings (SSSR count). The van der Waals surface area contributed by atoms with Crippen molar-refractivity contribution in [2.45, 2.75) is 32.4 Å². The molecule has 1 aliphatic rings. The number of hydrogen-bond donors (Lipinski definition) is 2. The molecule has 0 unspecified atom stereocenters. The Morgan fingerprint density at radius 2 is 1.88 bits per heavy atom. The van der Waals surface area contributed by atoms with Crippen molar-refractivity contribution in [2.75, 3.05) is 13.2 Å². The molecule has 1 aliphatic heterocycles. The molecule has 1 aromatic rings.